The van der Waals surface area contributed by atoms with Crippen molar-refractivity contribution < 1.29 is 9.59 Å². The monoisotopic (exact) mass is 378 g/mol. The Morgan fingerprint density at radius 1 is 1.00 bits per heavy atom. The van der Waals surface area contributed by atoms with Gasteiger partial charge in [0.2, 0.25) is 5.78 Å². The largest absolute Gasteiger partial charge is 0.346 e. The van der Waals surface area contributed by atoms with Crippen molar-refractivity contribution in [2.75, 3.05) is 0 Å². The fourth-order valence-corrected chi connectivity index (χ4v) is 4.13. The van der Waals surface area contributed by atoms with Crippen molar-refractivity contribution in [3.8, 4) is 0 Å². The van der Waals surface area contributed by atoms with Gasteiger partial charge in [0.15, 0.2) is 0 Å². The fourth-order valence-electron chi connectivity index (χ4n) is 2.58. The molecule has 4 rings (SSSR count). The van der Waals surface area contributed by atoms with Crippen LogP contribution < -0.4 is 5.32 Å². The van der Waals surface area contributed by atoms with E-state index in [2.05, 4.69) is 10.3 Å². The molecule has 0 atom stereocenters. The van der Waals surface area contributed by atoms with Gasteiger partial charge in [-0.3, -0.25) is 9.59 Å². The summed E-state index contributed by atoms with van der Waals surface area (Å²) in [5, 5.41) is 7.60. The molecule has 26 heavy (non-hydrogen) atoms. The molecular weight excluding hydrogens is 364 g/mol. The second-order valence-electron chi connectivity index (χ2n) is 5.68. The summed E-state index contributed by atoms with van der Waals surface area (Å²) in [6.45, 7) is 0.370. The van der Waals surface area contributed by atoms with Crippen LogP contribution in [-0.4, -0.2) is 16.7 Å². The van der Waals surface area contributed by atoms with E-state index in [1.807, 2.05) is 53.2 Å². The molecule has 6 heteroatoms. The van der Waals surface area contributed by atoms with Gasteiger partial charge in [-0.1, -0.05) is 24.3 Å². The number of ketones is 1. The number of aromatic nitrogens is 1. The Bertz CT molecular complexity index is 1080. The number of nitrogens with one attached hydrogen (secondary N) is 1. The SMILES string of the molecule is O=C(NCc1ccc(C(=O)c2ccsc2)s1)c1ccc2ccccc2n1. The summed E-state index contributed by atoms with van der Waals surface area (Å²) in [5.41, 5.74) is 1.88. The molecule has 4 nitrogen and oxygen atoms in total. The van der Waals surface area contributed by atoms with Crippen molar-refractivity contribution in [2.24, 2.45) is 0 Å². The van der Waals surface area contributed by atoms with E-state index in [0.29, 0.717) is 22.7 Å². The number of pyridine rings is 1. The second-order valence-corrected chi connectivity index (χ2v) is 7.63. The highest BCUT2D eigenvalue weighted by molar-refractivity contribution is 7.14. The van der Waals surface area contributed by atoms with Gasteiger partial charge in [0.1, 0.15) is 5.69 Å². The lowest BCUT2D eigenvalue weighted by molar-refractivity contribution is 0.0946. The number of rotatable bonds is 5. The first kappa shape index (κ1) is 16.6. The number of para-hydroxylation sites is 1. The molecule has 1 N–H and O–H groups in total. The predicted molar refractivity (Wildman–Crippen MR) is 105 cm³/mol. The van der Waals surface area contributed by atoms with Gasteiger partial charge in [0, 0.05) is 21.2 Å². The normalized spacial score (nSPS) is 10.8. The summed E-state index contributed by atoms with van der Waals surface area (Å²) in [6.07, 6.45) is 0. The molecule has 3 heterocycles. The molecule has 0 aliphatic rings. The highest BCUT2D eigenvalue weighted by Gasteiger charge is 2.13. The molecule has 0 aliphatic heterocycles. The van der Waals surface area contributed by atoms with Crippen molar-refractivity contribution in [3.63, 3.8) is 0 Å². The maximum atomic E-state index is 12.4. The molecule has 4 aromatic rings. The Kier molecular flexibility index (Phi) is 4.60. The van der Waals surface area contributed by atoms with E-state index in [1.54, 1.807) is 12.1 Å². The van der Waals surface area contributed by atoms with E-state index in [4.69, 9.17) is 0 Å². The van der Waals surface area contributed by atoms with Crippen LogP contribution in [0.5, 0.6) is 0 Å². The number of fused-ring (bicyclic) bond motifs is 1. The van der Waals surface area contributed by atoms with Crippen LogP contribution in [-0.2, 0) is 6.54 Å². The first-order chi connectivity index (χ1) is 12.7. The zero-order valence-corrected chi connectivity index (χ0v) is 15.3. The highest BCUT2D eigenvalue weighted by atomic mass is 32.1. The van der Waals surface area contributed by atoms with Crippen LogP contribution >= 0.6 is 22.7 Å². The Hall–Kier alpha value is -2.83. The molecular formula is C20H14N2O2S2. The molecule has 0 spiro atoms. The standard InChI is InChI=1S/C20H14N2O2S2/c23-19(14-9-10-25-12-14)18-8-6-15(26-18)11-21-20(24)17-7-5-13-3-1-2-4-16(13)22-17/h1-10,12H,11H2,(H,21,24). The summed E-state index contributed by atoms with van der Waals surface area (Å²) in [5.74, 6) is -0.208. The second kappa shape index (κ2) is 7.19. The van der Waals surface area contributed by atoms with Crippen LogP contribution in [0.4, 0.5) is 0 Å². The smallest absolute Gasteiger partial charge is 0.270 e. The van der Waals surface area contributed by atoms with Gasteiger partial charge in [0.25, 0.3) is 5.91 Å². The number of nitrogens with zero attached hydrogens (tertiary/aromatic N) is 1. The van der Waals surface area contributed by atoms with Crippen LogP contribution in [0.15, 0.2) is 65.4 Å². The van der Waals surface area contributed by atoms with Crippen LogP contribution in [0.25, 0.3) is 10.9 Å². The van der Waals surface area contributed by atoms with Gasteiger partial charge in [0.05, 0.1) is 16.9 Å². The molecule has 0 radical (unpaired) electrons. The minimum Gasteiger partial charge on any atom is -0.346 e. The predicted octanol–water partition coefficient (Wildman–Crippen LogP) is 4.52. The van der Waals surface area contributed by atoms with Crippen LogP contribution in [0.1, 0.15) is 30.6 Å². The van der Waals surface area contributed by atoms with E-state index in [0.717, 1.165) is 15.8 Å². The molecule has 0 aliphatic carbocycles. The molecule has 0 bridgehead atoms. The number of hydrogen-bond acceptors (Lipinski definition) is 5. The van der Waals surface area contributed by atoms with Gasteiger partial charge in [-0.2, -0.15) is 11.3 Å². The number of thiophene rings is 2. The summed E-state index contributed by atoms with van der Waals surface area (Å²) >= 11 is 2.90. The van der Waals surface area contributed by atoms with E-state index in [-0.39, 0.29) is 11.7 Å². The lowest BCUT2D eigenvalue weighted by Gasteiger charge is -2.04. The van der Waals surface area contributed by atoms with Crippen molar-refractivity contribution in [1.82, 2.24) is 10.3 Å². The first-order valence-electron chi connectivity index (χ1n) is 8.00. The summed E-state index contributed by atoms with van der Waals surface area (Å²) < 4.78 is 0. The van der Waals surface area contributed by atoms with E-state index >= 15 is 0 Å². The van der Waals surface area contributed by atoms with Crippen molar-refractivity contribution in [1.29, 1.82) is 0 Å². The topological polar surface area (TPSA) is 59.1 Å². The van der Waals surface area contributed by atoms with Crippen LogP contribution in [0.3, 0.4) is 0 Å². The highest BCUT2D eigenvalue weighted by Crippen LogP contribution is 2.21. The van der Waals surface area contributed by atoms with E-state index < -0.39 is 0 Å². The van der Waals surface area contributed by atoms with Crippen LogP contribution in [0.2, 0.25) is 0 Å². The lowest BCUT2D eigenvalue weighted by Crippen LogP contribution is -2.23. The zero-order valence-electron chi connectivity index (χ0n) is 13.6. The molecule has 0 saturated heterocycles. The maximum absolute atomic E-state index is 12.4. The summed E-state index contributed by atoms with van der Waals surface area (Å²) in [7, 11) is 0. The lowest BCUT2D eigenvalue weighted by atomic mass is 10.2. The van der Waals surface area contributed by atoms with Crippen LogP contribution in [0, 0.1) is 0 Å². The minimum absolute atomic E-state index is 0.0185. The molecule has 128 valence electrons. The minimum atomic E-state index is -0.227. The van der Waals surface area contributed by atoms with Gasteiger partial charge < -0.3 is 5.32 Å². The average Bonchev–Trinajstić information content (AvgIpc) is 3.37. The maximum Gasteiger partial charge on any atom is 0.270 e. The zero-order chi connectivity index (χ0) is 17.9. The molecule has 0 saturated carbocycles. The molecule has 0 unspecified atom stereocenters. The Labute approximate surface area is 158 Å². The molecule has 1 aromatic carbocycles. The summed E-state index contributed by atoms with van der Waals surface area (Å²) in [6, 6.07) is 16.8. The van der Waals surface area contributed by atoms with Gasteiger partial charge >= 0.3 is 0 Å². The Morgan fingerprint density at radius 3 is 2.73 bits per heavy atom. The number of carbonyl (C=O) groups is 2. The number of amides is 1. The van der Waals surface area contributed by atoms with Crippen molar-refractivity contribution in [3.05, 3.63) is 86.4 Å². The number of hydrogen-bond donors (Lipinski definition) is 1. The quantitative estimate of drug-likeness (QED) is 0.520. The molecule has 0 fully saturated rings. The third kappa shape index (κ3) is 3.42. The third-order valence-corrected chi connectivity index (χ3v) is 5.69. The van der Waals surface area contributed by atoms with E-state index in [9.17, 15) is 9.59 Å². The van der Waals surface area contributed by atoms with E-state index in [1.165, 1.54) is 22.7 Å². The Morgan fingerprint density at radius 2 is 1.88 bits per heavy atom. The summed E-state index contributed by atoms with van der Waals surface area (Å²) in [4.78, 5) is 30.7. The number of benzene rings is 1. The Balaban J connectivity index is 1.43. The molecule has 1 amide bonds. The third-order valence-electron chi connectivity index (χ3n) is 3.92. The number of carbonyl (C=O) groups excluding carboxylic acids is 2. The van der Waals surface area contributed by atoms with Gasteiger partial charge in [-0.15, -0.1) is 11.3 Å². The van der Waals surface area contributed by atoms with Crippen molar-refractivity contribution >= 4 is 45.3 Å². The first-order valence-corrected chi connectivity index (χ1v) is 9.76. The van der Waals surface area contributed by atoms with Gasteiger partial charge in [-0.05, 0) is 35.7 Å². The fraction of sp³-hybridized carbons (Fsp3) is 0.0500. The van der Waals surface area contributed by atoms with Crippen molar-refractivity contribution in [2.45, 2.75) is 6.54 Å². The van der Waals surface area contributed by atoms with Gasteiger partial charge in [-0.25, -0.2) is 4.98 Å². The average molecular weight is 378 g/mol. The molecule has 3 aromatic heterocycles.